The van der Waals surface area contributed by atoms with Crippen LogP contribution in [0.3, 0.4) is 0 Å². The number of methoxy groups -OCH3 is 3. The van der Waals surface area contributed by atoms with Crippen LogP contribution < -0.4 is 19.6 Å². The lowest BCUT2D eigenvalue weighted by atomic mass is 10.1. The molecule has 0 N–H and O–H groups in total. The van der Waals surface area contributed by atoms with E-state index in [0.717, 1.165) is 14.9 Å². The predicted molar refractivity (Wildman–Crippen MR) is 113 cm³/mol. The standard InChI is InChI=1S/C18H14I2O5/c1-22-10-6-4-9(5-7-10)17-15(20)16(21)13-11(23-2)8-12(24-3)14(19)18(13)25-17/h4-8H,1-3H3. The Morgan fingerprint density at radius 3 is 2.08 bits per heavy atom. The van der Waals surface area contributed by atoms with Crippen molar-refractivity contribution in [2.24, 2.45) is 0 Å². The van der Waals surface area contributed by atoms with E-state index in [4.69, 9.17) is 18.6 Å². The highest BCUT2D eigenvalue weighted by Gasteiger charge is 2.21. The van der Waals surface area contributed by atoms with Gasteiger partial charge in [0.25, 0.3) is 0 Å². The van der Waals surface area contributed by atoms with Crippen LogP contribution >= 0.6 is 45.2 Å². The Labute approximate surface area is 171 Å². The molecule has 2 aromatic carbocycles. The van der Waals surface area contributed by atoms with Gasteiger partial charge in [0.1, 0.15) is 26.2 Å². The first-order valence-corrected chi connectivity index (χ1v) is 9.38. The minimum Gasteiger partial charge on any atom is -0.497 e. The summed E-state index contributed by atoms with van der Waals surface area (Å²) in [5.41, 5.74) is 1.11. The molecule has 5 nitrogen and oxygen atoms in total. The van der Waals surface area contributed by atoms with E-state index in [2.05, 4.69) is 22.6 Å². The van der Waals surface area contributed by atoms with Crippen LogP contribution in [0.15, 0.2) is 39.5 Å². The molecule has 0 fully saturated rings. The van der Waals surface area contributed by atoms with Crippen LogP contribution in [0.2, 0.25) is 0 Å². The van der Waals surface area contributed by atoms with Crippen LogP contribution in [0.4, 0.5) is 0 Å². The molecule has 0 amide bonds. The molecule has 0 unspecified atom stereocenters. The van der Waals surface area contributed by atoms with Gasteiger partial charge in [0, 0.05) is 11.6 Å². The molecule has 1 aromatic heterocycles. The Kier molecular flexibility index (Phi) is 5.42. The van der Waals surface area contributed by atoms with Crippen LogP contribution in [0, 0.1) is 7.14 Å². The molecule has 0 atom stereocenters. The van der Waals surface area contributed by atoms with E-state index in [9.17, 15) is 4.79 Å². The smallest absolute Gasteiger partial charge is 0.210 e. The van der Waals surface area contributed by atoms with E-state index in [-0.39, 0.29) is 5.43 Å². The van der Waals surface area contributed by atoms with E-state index >= 15 is 0 Å². The molecule has 3 rings (SSSR count). The number of halogens is 2. The lowest BCUT2D eigenvalue weighted by Gasteiger charge is -2.13. The molecule has 0 aliphatic rings. The van der Waals surface area contributed by atoms with Gasteiger partial charge in [-0.2, -0.15) is 0 Å². The van der Waals surface area contributed by atoms with Crippen molar-refractivity contribution >= 4 is 56.2 Å². The fourth-order valence-electron chi connectivity index (χ4n) is 2.50. The highest BCUT2D eigenvalue weighted by atomic mass is 127. The van der Waals surface area contributed by atoms with Crippen molar-refractivity contribution < 1.29 is 18.6 Å². The van der Waals surface area contributed by atoms with E-state index in [0.29, 0.717) is 31.8 Å². The van der Waals surface area contributed by atoms with Crippen LogP contribution in [-0.4, -0.2) is 21.3 Å². The van der Waals surface area contributed by atoms with Gasteiger partial charge in [-0.1, -0.05) is 0 Å². The van der Waals surface area contributed by atoms with Crippen molar-refractivity contribution in [2.75, 3.05) is 21.3 Å². The molecule has 25 heavy (non-hydrogen) atoms. The molecular formula is C18H14I2O5. The van der Waals surface area contributed by atoms with Crippen molar-refractivity contribution in [1.29, 1.82) is 0 Å². The molecular weight excluding hydrogens is 550 g/mol. The molecule has 0 aliphatic heterocycles. The summed E-state index contributed by atoms with van der Waals surface area (Å²) < 4.78 is 23.3. The Hall–Kier alpha value is -1.49. The fraction of sp³-hybridized carbons (Fsp3) is 0.167. The maximum Gasteiger partial charge on any atom is 0.210 e. The van der Waals surface area contributed by atoms with Crippen molar-refractivity contribution in [3.8, 4) is 28.6 Å². The second kappa shape index (κ2) is 7.40. The van der Waals surface area contributed by atoms with Crippen LogP contribution in [0.25, 0.3) is 22.3 Å². The Bertz CT molecular complexity index is 993. The SMILES string of the molecule is COc1ccc(-c2oc3c(I)c(OC)cc(OC)c3c(=O)c2I)cc1. The highest BCUT2D eigenvalue weighted by Crippen LogP contribution is 2.38. The molecule has 130 valence electrons. The Balaban J connectivity index is 2.36. The molecule has 0 spiro atoms. The van der Waals surface area contributed by atoms with Gasteiger partial charge in [-0.3, -0.25) is 4.79 Å². The summed E-state index contributed by atoms with van der Waals surface area (Å²) in [5.74, 6) is 2.27. The monoisotopic (exact) mass is 564 g/mol. The van der Waals surface area contributed by atoms with Crippen molar-refractivity contribution in [3.05, 3.63) is 47.7 Å². The third-order valence-corrected chi connectivity index (χ3v) is 5.77. The number of hydrogen-bond donors (Lipinski definition) is 0. The number of fused-ring (bicyclic) bond motifs is 1. The minimum atomic E-state index is -0.134. The number of rotatable bonds is 4. The molecule has 7 heteroatoms. The van der Waals surface area contributed by atoms with Crippen molar-refractivity contribution in [3.63, 3.8) is 0 Å². The van der Waals surface area contributed by atoms with Gasteiger partial charge in [-0.05, 0) is 69.4 Å². The topological polar surface area (TPSA) is 57.9 Å². The summed E-state index contributed by atoms with van der Waals surface area (Å²) in [6.07, 6.45) is 0. The second-order valence-electron chi connectivity index (χ2n) is 5.10. The molecule has 0 aliphatic carbocycles. The summed E-state index contributed by atoms with van der Waals surface area (Å²) in [6.45, 7) is 0. The third-order valence-electron chi connectivity index (χ3n) is 3.77. The Morgan fingerprint density at radius 1 is 0.880 bits per heavy atom. The zero-order valence-electron chi connectivity index (χ0n) is 13.7. The first-order chi connectivity index (χ1) is 12.0. The third kappa shape index (κ3) is 3.19. The first-order valence-electron chi connectivity index (χ1n) is 7.23. The predicted octanol–water partition coefficient (Wildman–Crippen LogP) is 4.70. The largest absolute Gasteiger partial charge is 0.497 e. The van der Waals surface area contributed by atoms with Crippen LogP contribution in [-0.2, 0) is 0 Å². The van der Waals surface area contributed by atoms with Gasteiger partial charge in [-0.25, -0.2) is 0 Å². The Morgan fingerprint density at radius 2 is 1.52 bits per heavy atom. The molecule has 3 aromatic rings. The van der Waals surface area contributed by atoms with Gasteiger partial charge in [0.05, 0.1) is 24.9 Å². The molecule has 0 saturated carbocycles. The first kappa shape index (κ1) is 18.3. The van der Waals surface area contributed by atoms with Crippen molar-refractivity contribution in [1.82, 2.24) is 0 Å². The van der Waals surface area contributed by atoms with Crippen LogP contribution in [0.5, 0.6) is 17.2 Å². The van der Waals surface area contributed by atoms with Gasteiger partial charge in [-0.15, -0.1) is 0 Å². The summed E-state index contributed by atoms with van der Waals surface area (Å²) in [7, 11) is 4.69. The molecule has 1 heterocycles. The zero-order chi connectivity index (χ0) is 18.1. The minimum absolute atomic E-state index is 0.134. The lowest BCUT2D eigenvalue weighted by Crippen LogP contribution is -2.10. The number of hydrogen-bond acceptors (Lipinski definition) is 5. The number of ether oxygens (including phenoxy) is 3. The van der Waals surface area contributed by atoms with Gasteiger partial charge >= 0.3 is 0 Å². The normalized spacial score (nSPS) is 10.8. The van der Waals surface area contributed by atoms with Crippen molar-refractivity contribution in [2.45, 2.75) is 0 Å². The average molecular weight is 564 g/mol. The number of benzene rings is 2. The van der Waals surface area contributed by atoms with Gasteiger partial charge in [0.2, 0.25) is 5.43 Å². The summed E-state index contributed by atoms with van der Waals surface area (Å²) in [6, 6.07) is 9.06. The molecule has 0 bridgehead atoms. The maximum atomic E-state index is 13.0. The van der Waals surface area contributed by atoms with E-state index in [1.54, 1.807) is 20.3 Å². The lowest BCUT2D eigenvalue weighted by molar-refractivity contribution is 0.394. The quantitative estimate of drug-likeness (QED) is 0.431. The zero-order valence-corrected chi connectivity index (χ0v) is 18.0. The van der Waals surface area contributed by atoms with E-state index in [1.807, 2.05) is 46.9 Å². The second-order valence-corrected chi connectivity index (χ2v) is 7.26. The van der Waals surface area contributed by atoms with Gasteiger partial charge in [0.15, 0.2) is 11.3 Å². The average Bonchev–Trinajstić information content (AvgIpc) is 2.65. The van der Waals surface area contributed by atoms with Crippen LogP contribution in [0.1, 0.15) is 0 Å². The maximum absolute atomic E-state index is 13.0. The highest BCUT2D eigenvalue weighted by molar-refractivity contribution is 14.1. The summed E-state index contributed by atoms with van der Waals surface area (Å²) >= 11 is 4.12. The van der Waals surface area contributed by atoms with Gasteiger partial charge < -0.3 is 18.6 Å². The van der Waals surface area contributed by atoms with E-state index < -0.39 is 0 Å². The van der Waals surface area contributed by atoms with E-state index in [1.165, 1.54) is 7.11 Å². The molecule has 0 radical (unpaired) electrons. The molecule has 0 saturated heterocycles. The fourth-order valence-corrected chi connectivity index (χ4v) is 3.94. The summed E-state index contributed by atoms with van der Waals surface area (Å²) in [4.78, 5) is 13.0. The summed E-state index contributed by atoms with van der Waals surface area (Å²) in [5, 5.41) is 0.411.